The first-order valence-electron chi connectivity index (χ1n) is 8.87. The van der Waals surface area contributed by atoms with Crippen LogP contribution in [0.5, 0.6) is 0 Å². The largest absolute Gasteiger partial charge is 0.353 e. The van der Waals surface area contributed by atoms with Crippen LogP contribution < -0.4 is 5.32 Å². The number of nitrogens with zero attached hydrogens (tertiary/aromatic N) is 4. The molecule has 0 aliphatic heterocycles. The summed E-state index contributed by atoms with van der Waals surface area (Å²) in [5, 5.41) is 7.83. The van der Waals surface area contributed by atoms with Crippen molar-refractivity contribution in [2.45, 2.75) is 27.3 Å². The smallest absolute Gasteiger partial charge is 0.132 e. The van der Waals surface area contributed by atoms with Crippen molar-refractivity contribution in [1.29, 1.82) is 0 Å². The number of benzene rings is 1. The minimum atomic E-state index is -0.279. The van der Waals surface area contributed by atoms with Crippen LogP contribution in [0.3, 0.4) is 0 Å². The monoisotopic (exact) mass is 361 g/mol. The van der Waals surface area contributed by atoms with Crippen molar-refractivity contribution in [3.8, 4) is 11.3 Å². The number of aromatic nitrogens is 4. The molecule has 0 aliphatic carbocycles. The third-order valence-electron chi connectivity index (χ3n) is 4.60. The molecule has 4 rings (SSSR count). The molecule has 0 unspecified atom stereocenters. The third-order valence-corrected chi connectivity index (χ3v) is 4.60. The number of nitrogens with one attached hydrogen (secondary N) is 1. The Labute approximate surface area is 156 Å². The Hall–Kier alpha value is -3.28. The van der Waals surface area contributed by atoms with Gasteiger partial charge in [0.05, 0.1) is 17.6 Å². The first-order valence-corrected chi connectivity index (χ1v) is 8.87. The molecule has 3 heterocycles. The maximum atomic E-state index is 14.3. The summed E-state index contributed by atoms with van der Waals surface area (Å²) < 4.78 is 16.2. The molecule has 27 heavy (non-hydrogen) atoms. The molecule has 0 bridgehead atoms. The van der Waals surface area contributed by atoms with Crippen molar-refractivity contribution in [1.82, 2.24) is 19.7 Å². The van der Waals surface area contributed by atoms with Crippen LogP contribution in [0.1, 0.15) is 18.1 Å². The normalized spacial score (nSPS) is 11.1. The number of rotatable bonds is 4. The van der Waals surface area contributed by atoms with Crippen molar-refractivity contribution in [2.75, 3.05) is 5.32 Å². The molecule has 5 nitrogen and oxygen atoms in total. The summed E-state index contributed by atoms with van der Waals surface area (Å²) in [4.78, 5) is 8.80. The van der Waals surface area contributed by atoms with E-state index in [4.69, 9.17) is 0 Å². The van der Waals surface area contributed by atoms with Crippen molar-refractivity contribution >= 4 is 22.4 Å². The van der Waals surface area contributed by atoms with Crippen molar-refractivity contribution in [3.05, 3.63) is 65.9 Å². The Morgan fingerprint density at radius 1 is 1.04 bits per heavy atom. The molecule has 4 aromatic rings. The average Bonchev–Trinajstić information content (AvgIpc) is 3.10. The Morgan fingerprint density at radius 2 is 1.89 bits per heavy atom. The molecule has 1 N–H and O–H groups in total. The van der Waals surface area contributed by atoms with E-state index < -0.39 is 0 Å². The molecule has 0 amide bonds. The minimum Gasteiger partial charge on any atom is -0.353 e. The topological polar surface area (TPSA) is 55.6 Å². The van der Waals surface area contributed by atoms with E-state index >= 15 is 0 Å². The Bertz CT molecular complexity index is 1130. The number of hydrogen-bond donors (Lipinski definition) is 1. The van der Waals surface area contributed by atoms with E-state index in [-0.39, 0.29) is 5.82 Å². The summed E-state index contributed by atoms with van der Waals surface area (Å²) in [5.74, 6) is -0.279. The van der Waals surface area contributed by atoms with Gasteiger partial charge in [-0.25, -0.2) is 4.39 Å². The number of hydrogen-bond acceptors (Lipinski definition) is 4. The highest BCUT2D eigenvalue weighted by Gasteiger charge is 2.12. The van der Waals surface area contributed by atoms with Crippen molar-refractivity contribution in [3.63, 3.8) is 0 Å². The van der Waals surface area contributed by atoms with Crippen molar-refractivity contribution < 1.29 is 4.39 Å². The van der Waals surface area contributed by atoms with Gasteiger partial charge < -0.3 is 5.32 Å². The zero-order valence-electron chi connectivity index (χ0n) is 15.5. The number of pyridine rings is 2. The van der Waals surface area contributed by atoms with E-state index in [1.54, 1.807) is 24.7 Å². The number of fused-ring (bicyclic) bond motifs is 1. The predicted octanol–water partition coefficient (Wildman–Crippen LogP) is 5.01. The lowest BCUT2D eigenvalue weighted by atomic mass is 10.1. The summed E-state index contributed by atoms with van der Waals surface area (Å²) in [5.41, 5.74) is 6.61. The van der Waals surface area contributed by atoms with Gasteiger partial charge in [0.25, 0.3) is 0 Å². The third kappa shape index (κ3) is 3.14. The first kappa shape index (κ1) is 17.1. The summed E-state index contributed by atoms with van der Waals surface area (Å²) >= 11 is 0. The quantitative estimate of drug-likeness (QED) is 0.555. The second kappa shape index (κ2) is 6.79. The van der Waals surface area contributed by atoms with Gasteiger partial charge in [-0.15, -0.1) is 0 Å². The van der Waals surface area contributed by atoms with Crippen LogP contribution in [0.25, 0.3) is 22.3 Å². The predicted molar refractivity (Wildman–Crippen MR) is 106 cm³/mol. The highest BCUT2D eigenvalue weighted by molar-refractivity contribution is 5.90. The van der Waals surface area contributed by atoms with E-state index in [2.05, 4.69) is 20.4 Å². The van der Waals surface area contributed by atoms with Crippen LogP contribution in [0, 0.1) is 19.7 Å². The molecule has 3 aromatic heterocycles. The van der Waals surface area contributed by atoms with Gasteiger partial charge in [-0.3, -0.25) is 14.6 Å². The Morgan fingerprint density at radius 3 is 2.70 bits per heavy atom. The fourth-order valence-corrected chi connectivity index (χ4v) is 3.14. The van der Waals surface area contributed by atoms with Gasteiger partial charge in [-0.2, -0.15) is 5.10 Å². The molecule has 0 spiro atoms. The van der Waals surface area contributed by atoms with E-state index in [0.717, 1.165) is 40.1 Å². The van der Waals surface area contributed by atoms with Gasteiger partial charge >= 0.3 is 0 Å². The first-order chi connectivity index (χ1) is 13.1. The summed E-state index contributed by atoms with van der Waals surface area (Å²) in [6.45, 7) is 6.70. The van der Waals surface area contributed by atoms with Crippen LogP contribution in [0.4, 0.5) is 15.8 Å². The highest BCUT2D eigenvalue weighted by atomic mass is 19.1. The maximum absolute atomic E-state index is 14.3. The average molecular weight is 361 g/mol. The molecular formula is C21H20FN5. The van der Waals surface area contributed by atoms with Crippen LogP contribution >= 0.6 is 0 Å². The lowest BCUT2D eigenvalue weighted by molar-refractivity contribution is 0.630. The molecule has 0 aliphatic rings. The van der Waals surface area contributed by atoms with Gasteiger partial charge in [-0.1, -0.05) is 11.6 Å². The zero-order chi connectivity index (χ0) is 19.0. The molecule has 0 fully saturated rings. The SMILES string of the molecule is CCn1ncc2nccc(Nc3cc(-c4cc(C)ccc4F)ncc3C)c21. The van der Waals surface area contributed by atoms with Crippen LogP contribution in [0.2, 0.25) is 0 Å². The standard InChI is InChI=1S/C21H20FN5/c1-4-27-21-17(7-8-23-20(21)12-25-27)26-18-10-19(24-11-14(18)3)15-9-13(2)5-6-16(15)22/h5-12H,4H2,1-3H3,(H,23,24,26). The second-order valence-electron chi connectivity index (χ2n) is 6.55. The fraction of sp³-hybridized carbons (Fsp3) is 0.190. The minimum absolute atomic E-state index is 0.279. The fourth-order valence-electron chi connectivity index (χ4n) is 3.14. The lowest BCUT2D eigenvalue weighted by Gasteiger charge is -2.13. The van der Waals surface area contributed by atoms with Gasteiger partial charge in [0.1, 0.15) is 16.9 Å². The van der Waals surface area contributed by atoms with Gasteiger partial charge in [0, 0.05) is 30.2 Å². The molecule has 6 heteroatoms. The highest BCUT2D eigenvalue weighted by Crippen LogP contribution is 2.30. The van der Waals surface area contributed by atoms with E-state index in [1.165, 1.54) is 6.07 Å². The molecule has 0 saturated heterocycles. The second-order valence-corrected chi connectivity index (χ2v) is 6.55. The van der Waals surface area contributed by atoms with Crippen LogP contribution in [-0.4, -0.2) is 19.7 Å². The number of aryl methyl sites for hydroxylation is 3. The molecule has 1 aromatic carbocycles. The lowest BCUT2D eigenvalue weighted by Crippen LogP contribution is -2.01. The van der Waals surface area contributed by atoms with E-state index in [0.29, 0.717) is 11.3 Å². The Balaban J connectivity index is 1.79. The number of halogens is 1. The van der Waals surface area contributed by atoms with Crippen LogP contribution in [-0.2, 0) is 6.54 Å². The molecule has 0 saturated carbocycles. The summed E-state index contributed by atoms with van der Waals surface area (Å²) in [7, 11) is 0. The maximum Gasteiger partial charge on any atom is 0.132 e. The summed E-state index contributed by atoms with van der Waals surface area (Å²) in [6, 6.07) is 8.85. The zero-order valence-corrected chi connectivity index (χ0v) is 15.5. The Kier molecular flexibility index (Phi) is 4.32. The molecule has 136 valence electrons. The molecule has 0 radical (unpaired) electrons. The van der Waals surface area contributed by atoms with E-state index in [9.17, 15) is 4.39 Å². The molecular weight excluding hydrogens is 341 g/mol. The van der Waals surface area contributed by atoms with Crippen LogP contribution in [0.15, 0.2) is 48.9 Å². The van der Waals surface area contributed by atoms with E-state index in [1.807, 2.05) is 43.7 Å². The van der Waals surface area contributed by atoms with Gasteiger partial charge in [0.15, 0.2) is 0 Å². The number of anilines is 2. The van der Waals surface area contributed by atoms with Crippen molar-refractivity contribution in [2.24, 2.45) is 0 Å². The molecule has 0 atom stereocenters. The van der Waals surface area contributed by atoms with Gasteiger partial charge in [-0.05, 0) is 50.6 Å². The van der Waals surface area contributed by atoms with Gasteiger partial charge in [0.2, 0.25) is 0 Å². The summed E-state index contributed by atoms with van der Waals surface area (Å²) in [6.07, 6.45) is 5.27.